The maximum absolute atomic E-state index is 13.0. The summed E-state index contributed by atoms with van der Waals surface area (Å²) in [5.41, 5.74) is 5.03. The Bertz CT molecular complexity index is 766. The third kappa shape index (κ3) is 3.00. The molecule has 2 aromatic rings. The second kappa shape index (κ2) is 5.26. The summed E-state index contributed by atoms with van der Waals surface area (Å²) in [6.45, 7) is 0. The molecule has 0 unspecified atom stereocenters. The summed E-state index contributed by atoms with van der Waals surface area (Å²) in [4.78, 5) is -0.225. The van der Waals surface area contributed by atoms with Crippen molar-refractivity contribution in [2.75, 3.05) is 10.5 Å². The molecule has 8 heteroatoms. The predicted octanol–water partition coefficient (Wildman–Crippen LogP) is 3.00. The van der Waals surface area contributed by atoms with Gasteiger partial charge in [-0.25, -0.2) is 17.2 Å². The molecular formula is C12H9ClF2N2O2S. The molecule has 0 atom stereocenters. The van der Waals surface area contributed by atoms with Crippen molar-refractivity contribution in [1.82, 2.24) is 0 Å². The van der Waals surface area contributed by atoms with Gasteiger partial charge in [-0.15, -0.1) is 0 Å². The summed E-state index contributed by atoms with van der Waals surface area (Å²) >= 11 is 5.73. The fourth-order valence-electron chi connectivity index (χ4n) is 1.46. The summed E-state index contributed by atoms with van der Waals surface area (Å²) in [6, 6.07) is 6.19. The van der Waals surface area contributed by atoms with Crippen LogP contribution in [0, 0.1) is 11.6 Å². The number of benzene rings is 2. The summed E-state index contributed by atoms with van der Waals surface area (Å²) in [7, 11) is -3.99. The normalized spacial score (nSPS) is 11.3. The third-order valence-corrected chi connectivity index (χ3v) is 4.13. The highest BCUT2D eigenvalue weighted by Gasteiger charge is 2.17. The molecule has 0 amide bonds. The summed E-state index contributed by atoms with van der Waals surface area (Å²) in [5.74, 6) is -1.31. The van der Waals surface area contributed by atoms with Gasteiger partial charge in [0.25, 0.3) is 10.0 Å². The van der Waals surface area contributed by atoms with Gasteiger partial charge in [-0.3, -0.25) is 4.72 Å². The number of nitrogen functional groups attached to an aromatic ring is 1. The van der Waals surface area contributed by atoms with Crippen LogP contribution in [0.3, 0.4) is 0 Å². The number of hydrogen-bond acceptors (Lipinski definition) is 3. The number of rotatable bonds is 3. The van der Waals surface area contributed by atoms with Gasteiger partial charge in [-0.2, -0.15) is 0 Å². The number of nitrogens with two attached hydrogens (primary N) is 1. The maximum atomic E-state index is 13.0. The molecule has 4 nitrogen and oxygen atoms in total. The zero-order chi connectivity index (χ0) is 14.9. The van der Waals surface area contributed by atoms with E-state index in [1.807, 2.05) is 0 Å². The fourth-order valence-corrected chi connectivity index (χ4v) is 2.85. The number of nitrogens with one attached hydrogen (secondary N) is 1. The molecule has 2 aromatic carbocycles. The highest BCUT2D eigenvalue weighted by Crippen LogP contribution is 2.26. The minimum absolute atomic E-state index is 0.0102. The van der Waals surface area contributed by atoms with Crippen LogP contribution < -0.4 is 10.5 Å². The maximum Gasteiger partial charge on any atom is 0.262 e. The van der Waals surface area contributed by atoms with Crippen molar-refractivity contribution in [3.8, 4) is 0 Å². The van der Waals surface area contributed by atoms with Gasteiger partial charge < -0.3 is 5.73 Å². The van der Waals surface area contributed by atoms with E-state index in [0.717, 1.165) is 30.3 Å². The van der Waals surface area contributed by atoms with Crippen LogP contribution in [-0.2, 0) is 10.0 Å². The molecule has 106 valence electrons. The highest BCUT2D eigenvalue weighted by atomic mass is 35.5. The van der Waals surface area contributed by atoms with Gasteiger partial charge in [0.15, 0.2) is 0 Å². The van der Waals surface area contributed by atoms with Crippen molar-refractivity contribution in [3.05, 3.63) is 53.1 Å². The highest BCUT2D eigenvalue weighted by molar-refractivity contribution is 7.92. The second-order valence-electron chi connectivity index (χ2n) is 3.91. The smallest absolute Gasteiger partial charge is 0.262 e. The third-order valence-electron chi connectivity index (χ3n) is 2.45. The molecule has 0 aliphatic heterocycles. The Kier molecular flexibility index (Phi) is 3.82. The van der Waals surface area contributed by atoms with Crippen LogP contribution in [0.2, 0.25) is 5.02 Å². The SMILES string of the molecule is Nc1cc(S(=O)(=O)Nc2ccc(F)cc2Cl)ccc1F. The molecule has 0 spiro atoms. The minimum atomic E-state index is -3.99. The Balaban J connectivity index is 2.38. The lowest BCUT2D eigenvalue weighted by atomic mass is 10.3. The van der Waals surface area contributed by atoms with Gasteiger partial charge in [0.1, 0.15) is 11.6 Å². The van der Waals surface area contributed by atoms with E-state index >= 15 is 0 Å². The first-order valence-corrected chi connectivity index (χ1v) is 7.18. The second-order valence-corrected chi connectivity index (χ2v) is 6.00. The Labute approximate surface area is 119 Å². The lowest BCUT2D eigenvalue weighted by molar-refractivity contribution is 0.600. The molecule has 0 radical (unpaired) electrons. The van der Waals surface area contributed by atoms with Gasteiger partial charge in [0.2, 0.25) is 0 Å². The first-order valence-electron chi connectivity index (χ1n) is 5.32. The number of anilines is 2. The molecule has 3 N–H and O–H groups in total. The lowest BCUT2D eigenvalue weighted by Crippen LogP contribution is -2.14. The molecule has 0 fully saturated rings. The standard InChI is InChI=1S/C12H9ClF2N2O2S/c13-9-5-7(14)1-4-12(9)17-20(18,19)8-2-3-10(15)11(16)6-8/h1-6,17H,16H2. The molecule has 20 heavy (non-hydrogen) atoms. The molecule has 0 bridgehead atoms. The van der Waals surface area contributed by atoms with E-state index in [1.165, 1.54) is 6.07 Å². The topological polar surface area (TPSA) is 72.2 Å². The van der Waals surface area contributed by atoms with Crippen LogP contribution in [0.15, 0.2) is 41.3 Å². The molecule has 2 rings (SSSR count). The summed E-state index contributed by atoms with van der Waals surface area (Å²) < 4.78 is 52.2. The van der Waals surface area contributed by atoms with Crippen molar-refractivity contribution in [3.63, 3.8) is 0 Å². The van der Waals surface area contributed by atoms with E-state index < -0.39 is 21.7 Å². The summed E-state index contributed by atoms with van der Waals surface area (Å²) in [6.07, 6.45) is 0. The quantitative estimate of drug-likeness (QED) is 0.854. The van der Waals surface area contributed by atoms with Crippen LogP contribution in [-0.4, -0.2) is 8.42 Å². The lowest BCUT2D eigenvalue weighted by Gasteiger charge is -2.10. The van der Waals surface area contributed by atoms with Crippen molar-refractivity contribution in [1.29, 1.82) is 0 Å². The largest absolute Gasteiger partial charge is 0.396 e. The zero-order valence-electron chi connectivity index (χ0n) is 9.90. The first-order chi connectivity index (χ1) is 9.29. The van der Waals surface area contributed by atoms with Crippen LogP contribution in [0.1, 0.15) is 0 Å². The predicted molar refractivity (Wildman–Crippen MR) is 73.0 cm³/mol. The molecule has 0 aliphatic rings. The van der Waals surface area contributed by atoms with E-state index in [1.54, 1.807) is 0 Å². The van der Waals surface area contributed by atoms with Gasteiger partial charge in [0.05, 0.1) is 21.3 Å². The monoisotopic (exact) mass is 318 g/mol. The molecule has 0 saturated carbocycles. The molecule has 0 saturated heterocycles. The Morgan fingerprint density at radius 3 is 2.40 bits per heavy atom. The number of halogens is 3. The van der Waals surface area contributed by atoms with Crippen LogP contribution in [0.5, 0.6) is 0 Å². The van der Waals surface area contributed by atoms with Crippen LogP contribution >= 0.6 is 11.6 Å². The molecular weight excluding hydrogens is 310 g/mol. The van der Waals surface area contributed by atoms with E-state index in [2.05, 4.69) is 4.72 Å². The van der Waals surface area contributed by atoms with Crippen molar-refractivity contribution >= 4 is 33.0 Å². The van der Waals surface area contributed by atoms with Crippen molar-refractivity contribution < 1.29 is 17.2 Å². The van der Waals surface area contributed by atoms with E-state index in [4.69, 9.17) is 17.3 Å². The fraction of sp³-hybridized carbons (Fsp3) is 0. The average molecular weight is 319 g/mol. The van der Waals surface area contributed by atoms with E-state index in [9.17, 15) is 17.2 Å². The zero-order valence-corrected chi connectivity index (χ0v) is 11.5. The Morgan fingerprint density at radius 2 is 1.80 bits per heavy atom. The summed E-state index contributed by atoms with van der Waals surface area (Å²) in [5, 5.41) is -0.0938. The van der Waals surface area contributed by atoms with Gasteiger partial charge in [0, 0.05) is 0 Å². The molecule has 0 heterocycles. The van der Waals surface area contributed by atoms with Crippen molar-refractivity contribution in [2.24, 2.45) is 0 Å². The van der Waals surface area contributed by atoms with E-state index in [0.29, 0.717) is 0 Å². The van der Waals surface area contributed by atoms with E-state index in [-0.39, 0.29) is 21.3 Å². The van der Waals surface area contributed by atoms with Gasteiger partial charge in [-0.1, -0.05) is 11.6 Å². The Morgan fingerprint density at radius 1 is 1.10 bits per heavy atom. The minimum Gasteiger partial charge on any atom is -0.396 e. The van der Waals surface area contributed by atoms with Gasteiger partial charge >= 0.3 is 0 Å². The molecule has 0 aliphatic carbocycles. The number of sulfonamides is 1. The number of hydrogen-bond donors (Lipinski definition) is 2. The average Bonchev–Trinajstić information content (AvgIpc) is 2.36. The molecule has 0 aromatic heterocycles. The van der Waals surface area contributed by atoms with Gasteiger partial charge in [-0.05, 0) is 36.4 Å². The van der Waals surface area contributed by atoms with Crippen LogP contribution in [0.4, 0.5) is 20.2 Å². The van der Waals surface area contributed by atoms with Crippen molar-refractivity contribution in [2.45, 2.75) is 4.90 Å². The Hall–Kier alpha value is -1.86. The van der Waals surface area contributed by atoms with Crippen LogP contribution in [0.25, 0.3) is 0 Å². The first kappa shape index (κ1) is 14.5.